The Kier molecular flexibility index (Phi) is 7.76. The highest BCUT2D eigenvalue weighted by Gasteiger charge is 2.61. The Morgan fingerprint density at radius 1 is 0.875 bits per heavy atom. The number of ether oxygens (including phenoxy) is 1. The summed E-state index contributed by atoms with van der Waals surface area (Å²) in [5.74, 6) is 7.85. The van der Waals surface area contributed by atoms with Gasteiger partial charge in [0.2, 0.25) is 0 Å². The van der Waals surface area contributed by atoms with Crippen molar-refractivity contribution >= 4 is 0 Å². The van der Waals surface area contributed by atoms with Gasteiger partial charge in [0.1, 0.15) is 0 Å². The number of fused-ring (bicyclic) bond motifs is 5. The first kappa shape index (κ1) is 25.1. The van der Waals surface area contributed by atoms with Gasteiger partial charge in [0.25, 0.3) is 0 Å². The van der Waals surface area contributed by atoms with Crippen LogP contribution in [-0.4, -0.2) is 13.2 Å². The van der Waals surface area contributed by atoms with Gasteiger partial charge in [-0.3, -0.25) is 0 Å². The van der Waals surface area contributed by atoms with Gasteiger partial charge >= 0.3 is 0 Å². The van der Waals surface area contributed by atoms with Crippen LogP contribution in [0.15, 0.2) is 0 Å². The SMILES string of the molecule is CCCC[C@H]1CCC2(C)C3CCC4(C)C(C(C)CC[C@@H](C)OC)CCC4C3C[C@@H](C)C2C1. The molecule has 32 heavy (non-hydrogen) atoms. The average molecular weight is 445 g/mol. The largest absolute Gasteiger partial charge is 0.382 e. The van der Waals surface area contributed by atoms with Crippen molar-refractivity contribution in [1.29, 1.82) is 0 Å². The standard InChI is InChI=1S/C31H56O/c1-8-9-10-24-15-17-31(6)28-16-18-30(5)26(21(2)11-12-23(4)32-7)13-14-27(30)25(28)19-22(3)29(31)20-24/h21-29H,8-20H2,1-7H3/t21?,22-,23-,24+,25?,26?,27?,28?,29?,30?,31?/m1/s1. The second kappa shape index (κ2) is 9.91. The van der Waals surface area contributed by atoms with Crippen LogP contribution in [0.2, 0.25) is 0 Å². The number of unbranched alkanes of at least 4 members (excludes halogenated alkanes) is 1. The van der Waals surface area contributed by atoms with Crippen molar-refractivity contribution in [1.82, 2.24) is 0 Å². The van der Waals surface area contributed by atoms with E-state index < -0.39 is 0 Å². The Hall–Kier alpha value is -0.0400. The molecule has 186 valence electrons. The fourth-order valence-corrected chi connectivity index (χ4v) is 10.4. The van der Waals surface area contributed by atoms with Crippen molar-refractivity contribution in [2.75, 3.05) is 7.11 Å². The quantitative estimate of drug-likeness (QED) is 0.362. The van der Waals surface area contributed by atoms with Crippen molar-refractivity contribution in [2.45, 2.75) is 131 Å². The van der Waals surface area contributed by atoms with E-state index in [4.69, 9.17) is 4.74 Å². The lowest BCUT2D eigenvalue weighted by Crippen LogP contribution is -2.56. The van der Waals surface area contributed by atoms with Gasteiger partial charge in [0.15, 0.2) is 0 Å². The van der Waals surface area contributed by atoms with Crippen LogP contribution in [0.4, 0.5) is 0 Å². The number of hydrogen-bond donors (Lipinski definition) is 0. The summed E-state index contributed by atoms with van der Waals surface area (Å²) in [6.45, 7) is 15.4. The van der Waals surface area contributed by atoms with Crippen LogP contribution in [0.1, 0.15) is 125 Å². The van der Waals surface area contributed by atoms with E-state index in [-0.39, 0.29) is 0 Å². The second-order valence-corrected chi connectivity index (χ2v) is 13.8. The molecule has 4 fully saturated rings. The number of hydrogen-bond acceptors (Lipinski definition) is 1. The third-order valence-corrected chi connectivity index (χ3v) is 12.3. The minimum atomic E-state index is 0.418. The van der Waals surface area contributed by atoms with E-state index in [1.807, 2.05) is 7.11 Å². The van der Waals surface area contributed by atoms with Gasteiger partial charge in [-0.05, 0) is 129 Å². The highest BCUT2D eigenvalue weighted by Crippen LogP contribution is 2.69. The first-order chi connectivity index (χ1) is 15.2. The lowest BCUT2D eigenvalue weighted by Gasteiger charge is -2.63. The van der Waals surface area contributed by atoms with Crippen molar-refractivity contribution in [3.8, 4) is 0 Å². The van der Waals surface area contributed by atoms with Gasteiger partial charge in [-0.1, -0.05) is 53.9 Å². The zero-order valence-electron chi connectivity index (χ0n) is 22.8. The minimum Gasteiger partial charge on any atom is -0.382 e. The zero-order valence-corrected chi connectivity index (χ0v) is 22.8. The van der Waals surface area contributed by atoms with E-state index >= 15 is 0 Å². The predicted molar refractivity (Wildman–Crippen MR) is 138 cm³/mol. The summed E-state index contributed by atoms with van der Waals surface area (Å²) in [5, 5.41) is 0. The van der Waals surface area contributed by atoms with Crippen molar-refractivity contribution < 1.29 is 4.74 Å². The van der Waals surface area contributed by atoms with E-state index in [2.05, 4.69) is 41.5 Å². The Bertz CT molecular complexity index is 614. The number of rotatable bonds is 8. The summed E-state index contributed by atoms with van der Waals surface area (Å²) in [5.41, 5.74) is 1.25. The van der Waals surface area contributed by atoms with Crippen LogP contribution < -0.4 is 0 Å². The molecule has 4 aliphatic carbocycles. The molecule has 0 aromatic carbocycles. The lowest BCUT2D eigenvalue weighted by atomic mass is 9.42. The van der Waals surface area contributed by atoms with Crippen LogP contribution in [0.3, 0.4) is 0 Å². The van der Waals surface area contributed by atoms with E-state index in [1.165, 1.54) is 70.6 Å². The molecule has 0 aromatic heterocycles. The van der Waals surface area contributed by atoms with Crippen LogP contribution in [-0.2, 0) is 4.74 Å². The van der Waals surface area contributed by atoms with Crippen molar-refractivity contribution in [3.05, 3.63) is 0 Å². The Balaban J connectivity index is 1.47. The fourth-order valence-electron chi connectivity index (χ4n) is 10.4. The number of methoxy groups -OCH3 is 1. The van der Waals surface area contributed by atoms with Gasteiger partial charge in [-0.15, -0.1) is 0 Å². The first-order valence-corrected chi connectivity index (χ1v) is 14.8. The second-order valence-electron chi connectivity index (χ2n) is 13.8. The third-order valence-electron chi connectivity index (χ3n) is 12.3. The molecule has 0 spiro atoms. The Morgan fingerprint density at radius 2 is 1.59 bits per heavy atom. The van der Waals surface area contributed by atoms with Crippen molar-refractivity contribution in [2.24, 2.45) is 58.2 Å². The maximum Gasteiger partial charge on any atom is 0.0543 e. The van der Waals surface area contributed by atoms with E-state index in [1.54, 1.807) is 12.8 Å². The Morgan fingerprint density at radius 3 is 2.31 bits per heavy atom. The summed E-state index contributed by atoms with van der Waals surface area (Å²) in [4.78, 5) is 0. The summed E-state index contributed by atoms with van der Waals surface area (Å²) in [7, 11) is 1.87. The van der Waals surface area contributed by atoms with E-state index in [0.717, 1.165) is 47.3 Å². The average Bonchev–Trinajstić information content (AvgIpc) is 3.13. The molecule has 0 aliphatic heterocycles. The third kappa shape index (κ3) is 4.35. The molecule has 1 heteroatoms. The molecule has 0 radical (unpaired) electrons. The Labute approximate surface area is 201 Å². The smallest absolute Gasteiger partial charge is 0.0543 e. The molecule has 0 heterocycles. The molecule has 8 unspecified atom stereocenters. The molecular formula is C31H56O. The van der Waals surface area contributed by atoms with Crippen molar-refractivity contribution in [3.63, 3.8) is 0 Å². The maximum absolute atomic E-state index is 5.57. The van der Waals surface area contributed by atoms with Gasteiger partial charge in [0, 0.05) is 7.11 Å². The van der Waals surface area contributed by atoms with Crippen LogP contribution in [0.5, 0.6) is 0 Å². The molecule has 0 aromatic rings. The van der Waals surface area contributed by atoms with Gasteiger partial charge in [-0.2, -0.15) is 0 Å². The molecule has 0 bridgehead atoms. The molecule has 0 amide bonds. The van der Waals surface area contributed by atoms with Crippen LogP contribution in [0, 0.1) is 58.2 Å². The van der Waals surface area contributed by atoms with Crippen LogP contribution >= 0.6 is 0 Å². The van der Waals surface area contributed by atoms with E-state index in [0.29, 0.717) is 16.9 Å². The zero-order chi connectivity index (χ0) is 23.1. The maximum atomic E-state index is 5.57. The summed E-state index contributed by atoms with van der Waals surface area (Å²) >= 11 is 0. The summed E-state index contributed by atoms with van der Waals surface area (Å²) in [6.07, 6.45) is 19.6. The van der Waals surface area contributed by atoms with E-state index in [9.17, 15) is 0 Å². The highest BCUT2D eigenvalue weighted by molar-refractivity contribution is 5.10. The normalized spacial score (nSPS) is 47.9. The van der Waals surface area contributed by atoms with Crippen LogP contribution in [0.25, 0.3) is 0 Å². The topological polar surface area (TPSA) is 9.23 Å². The molecule has 0 N–H and O–H groups in total. The molecule has 0 saturated heterocycles. The summed E-state index contributed by atoms with van der Waals surface area (Å²) < 4.78 is 5.57. The van der Waals surface area contributed by atoms with Gasteiger partial charge in [0.05, 0.1) is 6.10 Å². The molecular weight excluding hydrogens is 388 g/mol. The lowest BCUT2D eigenvalue weighted by molar-refractivity contribution is -0.142. The van der Waals surface area contributed by atoms with Gasteiger partial charge < -0.3 is 4.74 Å². The molecule has 4 aliphatic rings. The highest BCUT2D eigenvalue weighted by atomic mass is 16.5. The first-order valence-electron chi connectivity index (χ1n) is 14.8. The predicted octanol–water partition coefficient (Wildman–Crippen LogP) is 9.15. The molecule has 1 nitrogen and oxygen atoms in total. The molecule has 11 atom stereocenters. The fraction of sp³-hybridized carbons (Fsp3) is 1.00. The molecule has 4 saturated carbocycles. The molecule has 4 rings (SSSR count). The summed E-state index contributed by atoms with van der Waals surface area (Å²) in [6, 6.07) is 0. The monoisotopic (exact) mass is 444 g/mol. The van der Waals surface area contributed by atoms with Gasteiger partial charge in [-0.25, -0.2) is 0 Å². The minimum absolute atomic E-state index is 0.418.